The molecule has 1 amide bonds. The third-order valence-corrected chi connectivity index (χ3v) is 3.85. The van der Waals surface area contributed by atoms with Crippen LogP contribution in [-0.4, -0.2) is 21.9 Å². The standard InChI is InChI=1S/C17H15NO4/c19-15(20)10-17(22)14-9-5-4-8-13(14)16(21)18(17)11-12-6-2-1-3-7-12/h1-9,22H,10-11H2,(H,19,20)/p-1/t17-/m1/s1. The van der Waals surface area contributed by atoms with Gasteiger partial charge in [-0.05, 0) is 11.6 Å². The minimum absolute atomic E-state index is 0.123. The molecule has 5 heteroatoms. The largest absolute Gasteiger partial charge is 0.550 e. The Morgan fingerprint density at radius 2 is 1.73 bits per heavy atom. The molecule has 1 aliphatic heterocycles. The summed E-state index contributed by atoms with van der Waals surface area (Å²) in [6.45, 7) is 0.123. The van der Waals surface area contributed by atoms with Gasteiger partial charge in [0.1, 0.15) is 0 Å². The number of fused-ring (bicyclic) bond motifs is 1. The number of carbonyl (C=O) groups excluding carboxylic acids is 2. The molecule has 1 N–H and O–H groups in total. The summed E-state index contributed by atoms with van der Waals surface area (Å²) >= 11 is 0. The van der Waals surface area contributed by atoms with Crippen molar-refractivity contribution in [1.82, 2.24) is 4.90 Å². The van der Waals surface area contributed by atoms with Crippen molar-refractivity contribution in [3.05, 3.63) is 71.3 Å². The predicted octanol–water partition coefficient (Wildman–Crippen LogP) is 0.628. The van der Waals surface area contributed by atoms with Crippen molar-refractivity contribution in [2.45, 2.75) is 18.7 Å². The quantitative estimate of drug-likeness (QED) is 0.897. The number of benzene rings is 2. The van der Waals surface area contributed by atoms with Crippen LogP contribution in [0.25, 0.3) is 0 Å². The van der Waals surface area contributed by atoms with Gasteiger partial charge < -0.3 is 19.9 Å². The van der Waals surface area contributed by atoms with Crippen LogP contribution in [0.5, 0.6) is 0 Å². The minimum atomic E-state index is -1.89. The van der Waals surface area contributed by atoms with Crippen molar-refractivity contribution < 1.29 is 19.8 Å². The third kappa shape index (κ3) is 2.25. The van der Waals surface area contributed by atoms with Crippen molar-refractivity contribution in [2.75, 3.05) is 0 Å². The highest BCUT2D eigenvalue weighted by atomic mass is 16.4. The molecular weight excluding hydrogens is 282 g/mol. The second-order valence-corrected chi connectivity index (χ2v) is 5.29. The second kappa shape index (κ2) is 5.27. The van der Waals surface area contributed by atoms with E-state index in [1.165, 1.54) is 4.90 Å². The van der Waals surface area contributed by atoms with Crippen LogP contribution < -0.4 is 5.11 Å². The number of hydrogen-bond donors (Lipinski definition) is 1. The first-order chi connectivity index (χ1) is 10.5. The number of aliphatic carboxylic acids is 1. The fourth-order valence-electron chi connectivity index (χ4n) is 2.84. The lowest BCUT2D eigenvalue weighted by Crippen LogP contribution is -2.47. The van der Waals surface area contributed by atoms with Gasteiger partial charge in [-0.2, -0.15) is 0 Å². The van der Waals surface area contributed by atoms with Crippen LogP contribution in [0.2, 0.25) is 0 Å². The highest BCUT2D eigenvalue weighted by Crippen LogP contribution is 2.40. The van der Waals surface area contributed by atoms with E-state index in [1.807, 2.05) is 30.3 Å². The molecule has 22 heavy (non-hydrogen) atoms. The van der Waals surface area contributed by atoms with Crippen LogP contribution in [0.1, 0.15) is 27.9 Å². The number of carboxylic acids is 1. The van der Waals surface area contributed by atoms with E-state index in [-0.39, 0.29) is 12.5 Å². The van der Waals surface area contributed by atoms with Gasteiger partial charge in [-0.25, -0.2) is 0 Å². The zero-order chi connectivity index (χ0) is 15.7. The normalized spacial score (nSPS) is 20.0. The number of carboxylic acid groups (broad SMARTS) is 1. The average molecular weight is 296 g/mol. The fraction of sp³-hybridized carbons (Fsp3) is 0.176. The van der Waals surface area contributed by atoms with Crippen molar-refractivity contribution in [1.29, 1.82) is 0 Å². The van der Waals surface area contributed by atoms with Crippen molar-refractivity contribution in [3.63, 3.8) is 0 Å². The topological polar surface area (TPSA) is 80.7 Å². The summed E-state index contributed by atoms with van der Waals surface area (Å²) in [4.78, 5) is 24.8. The molecule has 2 aromatic rings. The van der Waals surface area contributed by atoms with Gasteiger partial charge in [-0.1, -0.05) is 48.5 Å². The Labute approximate surface area is 127 Å². The summed E-state index contributed by atoms with van der Waals surface area (Å²) < 4.78 is 0. The van der Waals surface area contributed by atoms with Crippen LogP contribution in [-0.2, 0) is 17.1 Å². The van der Waals surface area contributed by atoms with E-state index in [2.05, 4.69) is 0 Å². The van der Waals surface area contributed by atoms with Crippen LogP contribution in [0.15, 0.2) is 54.6 Å². The fourth-order valence-corrected chi connectivity index (χ4v) is 2.84. The van der Waals surface area contributed by atoms with E-state index in [9.17, 15) is 19.8 Å². The zero-order valence-corrected chi connectivity index (χ0v) is 11.7. The number of nitrogens with zero attached hydrogens (tertiary/aromatic N) is 1. The van der Waals surface area contributed by atoms with Gasteiger partial charge in [0, 0.05) is 30.1 Å². The first kappa shape index (κ1) is 14.3. The first-order valence-corrected chi connectivity index (χ1v) is 6.90. The molecule has 0 radical (unpaired) electrons. The molecular formula is C17H14NO4-. The van der Waals surface area contributed by atoms with Gasteiger partial charge in [0.2, 0.25) is 0 Å². The predicted molar refractivity (Wildman–Crippen MR) is 76.3 cm³/mol. The van der Waals surface area contributed by atoms with Gasteiger partial charge in [0.05, 0.1) is 0 Å². The number of aliphatic hydroxyl groups is 1. The van der Waals surface area contributed by atoms with Gasteiger partial charge in [-0.3, -0.25) is 4.79 Å². The van der Waals surface area contributed by atoms with Gasteiger partial charge >= 0.3 is 0 Å². The molecule has 0 saturated heterocycles. The summed E-state index contributed by atoms with van der Waals surface area (Å²) in [7, 11) is 0. The van der Waals surface area contributed by atoms with Gasteiger partial charge in [0.15, 0.2) is 5.72 Å². The molecule has 0 bridgehead atoms. The molecule has 0 unspecified atom stereocenters. The van der Waals surface area contributed by atoms with Gasteiger partial charge in [-0.15, -0.1) is 0 Å². The van der Waals surface area contributed by atoms with E-state index in [1.54, 1.807) is 24.3 Å². The van der Waals surface area contributed by atoms with Crippen LogP contribution in [0.3, 0.4) is 0 Å². The molecule has 1 atom stereocenters. The SMILES string of the molecule is O=C([O-])C[C@@]1(O)c2ccccc2C(=O)N1Cc1ccccc1. The molecule has 0 spiro atoms. The summed E-state index contributed by atoms with van der Waals surface area (Å²) in [6.07, 6.45) is -0.664. The molecule has 112 valence electrons. The third-order valence-electron chi connectivity index (χ3n) is 3.85. The average Bonchev–Trinajstić information content (AvgIpc) is 2.70. The van der Waals surface area contributed by atoms with Crippen LogP contribution in [0.4, 0.5) is 0 Å². The molecule has 5 nitrogen and oxygen atoms in total. The molecule has 2 aromatic carbocycles. The Kier molecular flexibility index (Phi) is 3.42. The lowest BCUT2D eigenvalue weighted by Gasteiger charge is -2.34. The minimum Gasteiger partial charge on any atom is -0.550 e. The van der Waals surface area contributed by atoms with Crippen molar-refractivity contribution >= 4 is 11.9 Å². The lowest BCUT2D eigenvalue weighted by molar-refractivity contribution is -0.312. The number of carbonyl (C=O) groups is 2. The molecule has 1 heterocycles. The Morgan fingerprint density at radius 1 is 1.09 bits per heavy atom. The van der Waals surface area contributed by atoms with Crippen molar-refractivity contribution in [2.24, 2.45) is 0 Å². The summed E-state index contributed by atoms with van der Waals surface area (Å²) in [6, 6.07) is 15.6. The molecule has 0 saturated carbocycles. The van der Waals surface area contributed by atoms with E-state index in [0.717, 1.165) is 5.56 Å². The van der Waals surface area contributed by atoms with Crippen molar-refractivity contribution in [3.8, 4) is 0 Å². The Morgan fingerprint density at radius 3 is 2.41 bits per heavy atom. The van der Waals surface area contributed by atoms with E-state index >= 15 is 0 Å². The first-order valence-electron chi connectivity index (χ1n) is 6.90. The van der Waals surface area contributed by atoms with E-state index < -0.39 is 18.1 Å². The maximum absolute atomic E-state index is 12.6. The van der Waals surface area contributed by atoms with E-state index in [4.69, 9.17) is 0 Å². The summed E-state index contributed by atoms with van der Waals surface area (Å²) in [5.74, 6) is -1.80. The maximum Gasteiger partial charge on any atom is 0.257 e. The summed E-state index contributed by atoms with van der Waals surface area (Å²) in [5, 5.41) is 22.0. The zero-order valence-electron chi connectivity index (χ0n) is 11.7. The Bertz CT molecular complexity index is 728. The smallest absolute Gasteiger partial charge is 0.257 e. The van der Waals surface area contributed by atoms with Crippen LogP contribution in [0, 0.1) is 0 Å². The maximum atomic E-state index is 12.6. The Balaban J connectivity index is 2.04. The lowest BCUT2D eigenvalue weighted by atomic mass is 9.98. The summed E-state index contributed by atoms with van der Waals surface area (Å²) in [5.41, 5.74) is -0.453. The monoisotopic (exact) mass is 296 g/mol. The number of amides is 1. The molecule has 0 fully saturated rings. The molecule has 0 aliphatic carbocycles. The molecule has 0 aromatic heterocycles. The molecule has 3 rings (SSSR count). The Hall–Kier alpha value is -2.66. The number of rotatable bonds is 4. The highest BCUT2D eigenvalue weighted by Gasteiger charge is 2.48. The number of hydrogen-bond acceptors (Lipinski definition) is 4. The molecule has 1 aliphatic rings. The highest BCUT2D eigenvalue weighted by molar-refractivity contribution is 6.00. The second-order valence-electron chi connectivity index (χ2n) is 5.29. The van der Waals surface area contributed by atoms with E-state index in [0.29, 0.717) is 11.1 Å². The van der Waals surface area contributed by atoms with Gasteiger partial charge in [0.25, 0.3) is 5.91 Å². The van der Waals surface area contributed by atoms with Crippen LogP contribution >= 0.6 is 0 Å².